The van der Waals surface area contributed by atoms with Crippen LogP contribution in [0.4, 0.5) is 4.39 Å². The lowest BCUT2D eigenvalue weighted by molar-refractivity contribution is -0.143. The Balaban J connectivity index is 1.31. The minimum atomic E-state index is -0.563. The van der Waals surface area contributed by atoms with Crippen LogP contribution in [0.25, 0.3) is 11.0 Å². The average Bonchev–Trinajstić information content (AvgIpc) is 3.71. The van der Waals surface area contributed by atoms with Crippen molar-refractivity contribution in [1.82, 2.24) is 4.90 Å². The third kappa shape index (κ3) is 7.79. The molecule has 2 aromatic rings. The molecule has 1 amide bonds. The van der Waals surface area contributed by atoms with Crippen molar-refractivity contribution in [1.29, 1.82) is 0 Å². The SMILES string of the molecule is COC1CCC([C@H]2CCN(C(=O)C3CCC([C@H](C)CF)CC3)[C@H]2C(=O)Cc2ccc3oc(C(=O)OC[C@H](C)OC)cc3c2)CC1. The number of methoxy groups -OCH3 is 2. The molecule has 3 fully saturated rings. The molecule has 2 heterocycles. The van der Waals surface area contributed by atoms with Gasteiger partial charge in [0.25, 0.3) is 0 Å². The zero-order valence-corrected chi connectivity index (χ0v) is 27.3. The maximum absolute atomic E-state index is 14.2. The number of Topliss-reactive ketones (excluding diaryl/α,β-unsaturated/α-hetero) is 1. The fourth-order valence-electron chi connectivity index (χ4n) is 7.96. The molecule has 2 aliphatic carbocycles. The van der Waals surface area contributed by atoms with Gasteiger partial charge in [0.15, 0.2) is 5.78 Å². The van der Waals surface area contributed by atoms with Crippen LogP contribution in [0, 0.1) is 29.6 Å². The van der Waals surface area contributed by atoms with E-state index in [-0.39, 0.29) is 67.1 Å². The number of ether oxygens (including phenoxy) is 3. The highest BCUT2D eigenvalue weighted by molar-refractivity contribution is 5.94. The molecule has 1 aliphatic heterocycles. The Morgan fingerprint density at radius 2 is 1.71 bits per heavy atom. The number of furan rings is 1. The van der Waals surface area contributed by atoms with Crippen LogP contribution in [-0.4, -0.2) is 74.9 Å². The second-order valence-corrected chi connectivity index (χ2v) is 13.7. The molecule has 4 atom stereocenters. The van der Waals surface area contributed by atoms with Gasteiger partial charge in [0.1, 0.15) is 12.2 Å². The quantitative estimate of drug-likeness (QED) is 0.246. The van der Waals surface area contributed by atoms with E-state index in [9.17, 15) is 18.8 Å². The van der Waals surface area contributed by atoms with Crippen LogP contribution >= 0.6 is 0 Å². The van der Waals surface area contributed by atoms with Crippen LogP contribution < -0.4 is 0 Å². The molecule has 1 aromatic carbocycles. The number of carbonyl (C=O) groups is 3. The van der Waals surface area contributed by atoms with Gasteiger partial charge in [0.2, 0.25) is 11.7 Å². The Labute approximate surface area is 266 Å². The zero-order valence-electron chi connectivity index (χ0n) is 27.3. The van der Waals surface area contributed by atoms with Crippen molar-refractivity contribution in [3.05, 3.63) is 35.6 Å². The normalized spacial score (nSPS) is 28.6. The molecule has 248 valence electrons. The lowest BCUT2D eigenvalue weighted by Gasteiger charge is -2.37. The van der Waals surface area contributed by atoms with Gasteiger partial charge in [-0.25, -0.2) is 4.79 Å². The number of hydrogen-bond acceptors (Lipinski definition) is 7. The van der Waals surface area contributed by atoms with Gasteiger partial charge in [-0.3, -0.25) is 14.0 Å². The fourth-order valence-corrected chi connectivity index (χ4v) is 7.96. The van der Waals surface area contributed by atoms with Crippen LogP contribution in [0.15, 0.2) is 28.7 Å². The first-order valence-corrected chi connectivity index (χ1v) is 16.9. The molecule has 0 N–H and O–H groups in total. The number of likely N-dealkylation sites (tertiary alicyclic amines) is 1. The molecule has 0 spiro atoms. The monoisotopic (exact) mass is 627 g/mol. The largest absolute Gasteiger partial charge is 0.457 e. The van der Waals surface area contributed by atoms with Gasteiger partial charge < -0.3 is 23.5 Å². The Morgan fingerprint density at radius 1 is 0.978 bits per heavy atom. The number of halogens is 1. The number of benzene rings is 1. The predicted molar refractivity (Wildman–Crippen MR) is 169 cm³/mol. The Bertz CT molecular complexity index is 1310. The van der Waals surface area contributed by atoms with Crippen LogP contribution in [0.3, 0.4) is 0 Å². The van der Waals surface area contributed by atoms with Crippen LogP contribution in [0.2, 0.25) is 0 Å². The molecular weight excluding hydrogens is 577 g/mol. The lowest BCUT2D eigenvalue weighted by atomic mass is 9.74. The van der Waals surface area contributed by atoms with E-state index in [0.717, 1.165) is 68.7 Å². The van der Waals surface area contributed by atoms with Crippen molar-refractivity contribution in [3.8, 4) is 0 Å². The first-order valence-electron chi connectivity index (χ1n) is 16.9. The van der Waals surface area contributed by atoms with E-state index in [4.69, 9.17) is 18.6 Å². The van der Waals surface area contributed by atoms with Gasteiger partial charge in [0, 0.05) is 38.5 Å². The van der Waals surface area contributed by atoms with Gasteiger partial charge in [0.05, 0.1) is 24.9 Å². The third-order valence-electron chi connectivity index (χ3n) is 10.9. The third-order valence-corrected chi connectivity index (χ3v) is 10.9. The maximum atomic E-state index is 14.2. The number of amides is 1. The second-order valence-electron chi connectivity index (χ2n) is 13.7. The Hall–Kier alpha value is -2.78. The van der Waals surface area contributed by atoms with Crippen molar-refractivity contribution < 1.29 is 37.4 Å². The van der Waals surface area contributed by atoms with Crippen LogP contribution in [0.5, 0.6) is 0 Å². The van der Waals surface area contributed by atoms with Crippen LogP contribution in [0.1, 0.15) is 87.8 Å². The summed E-state index contributed by atoms with van der Waals surface area (Å²) in [7, 11) is 3.32. The van der Waals surface area contributed by atoms with Gasteiger partial charge in [-0.1, -0.05) is 13.0 Å². The summed E-state index contributed by atoms with van der Waals surface area (Å²) in [6.45, 7) is 4.18. The molecule has 3 aliphatic rings. The topological polar surface area (TPSA) is 95.3 Å². The second kappa shape index (κ2) is 15.2. The van der Waals surface area contributed by atoms with Crippen molar-refractivity contribution >= 4 is 28.6 Å². The first-order chi connectivity index (χ1) is 21.7. The van der Waals surface area contributed by atoms with Gasteiger partial charge >= 0.3 is 5.97 Å². The number of alkyl halides is 1. The van der Waals surface area contributed by atoms with E-state index in [2.05, 4.69) is 0 Å². The zero-order chi connectivity index (χ0) is 32.1. The summed E-state index contributed by atoms with van der Waals surface area (Å²) in [5.41, 5.74) is 1.36. The summed E-state index contributed by atoms with van der Waals surface area (Å²) in [5.74, 6) is 0.484. The fraction of sp³-hybridized carbons (Fsp3) is 0.694. The highest BCUT2D eigenvalue weighted by Gasteiger charge is 2.47. The standard InChI is InChI=1S/C36H50FNO7/c1-22(20-37)25-6-8-27(9-7-25)35(40)38-16-15-30(26-10-12-29(43-4)13-11-26)34(38)31(39)18-24-5-14-32-28(17-24)19-33(45-32)36(41)44-21-23(2)42-3/h5,14,17,19,22-23,25-27,29-30,34H,6-13,15-16,18,20-21H2,1-4H3/t22-,23+,25?,26?,27?,29?,30-,34-/m1/s1. The molecule has 0 bridgehead atoms. The summed E-state index contributed by atoms with van der Waals surface area (Å²) in [6.07, 6.45) is 8.31. The molecule has 0 unspecified atom stereocenters. The highest BCUT2D eigenvalue weighted by atomic mass is 19.1. The van der Waals surface area contributed by atoms with Crippen molar-refractivity contribution in [2.24, 2.45) is 29.6 Å². The minimum Gasteiger partial charge on any atom is -0.457 e. The Kier molecular flexibility index (Phi) is 11.3. The highest BCUT2D eigenvalue weighted by Crippen LogP contribution is 2.42. The van der Waals surface area contributed by atoms with Gasteiger partial charge in [-0.05, 0) is 112 Å². The molecule has 9 heteroatoms. The number of rotatable bonds is 12. The smallest absolute Gasteiger partial charge is 0.374 e. The van der Waals surface area contributed by atoms with Crippen molar-refractivity contribution in [2.75, 3.05) is 34.0 Å². The summed E-state index contributed by atoms with van der Waals surface area (Å²) >= 11 is 0. The van der Waals surface area contributed by atoms with Crippen LogP contribution in [-0.2, 0) is 30.2 Å². The average molecular weight is 628 g/mol. The van der Waals surface area contributed by atoms with E-state index in [1.54, 1.807) is 26.4 Å². The number of fused-ring (bicyclic) bond motifs is 1. The van der Waals surface area contributed by atoms with E-state index < -0.39 is 12.0 Å². The lowest BCUT2D eigenvalue weighted by Crippen LogP contribution is -2.48. The number of ketones is 1. The molecule has 5 rings (SSSR count). The predicted octanol–water partition coefficient (Wildman–Crippen LogP) is 6.57. The van der Waals surface area contributed by atoms with Crippen molar-refractivity contribution in [2.45, 2.75) is 96.3 Å². The summed E-state index contributed by atoms with van der Waals surface area (Å²) in [4.78, 5) is 42.6. The summed E-state index contributed by atoms with van der Waals surface area (Å²) in [6, 6.07) is 6.73. The van der Waals surface area contributed by atoms with E-state index in [0.29, 0.717) is 24.0 Å². The number of nitrogens with zero attached hydrogens (tertiary/aromatic N) is 1. The van der Waals surface area contributed by atoms with Gasteiger partial charge in [-0.15, -0.1) is 0 Å². The molecule has 1 saturated heterocycles. The molecule has 0 radical (unpaired) electrons. The van der Waals surface area contributed by atoms with E-state index in [1.165, 1.54) is 0 Å². The van der Waals surface area contributed by atoms with Gasteiger partial charge in [-0.2, -0.15) is 0 Å². The molecule has 8 nitrogen and oxygen atoms in total. The molecular formula is C36H50FNO7. The van der Waals surface area contributed by atoms with E-state index in [1.807, 2.05) is 30.9 Å². The first kappa shape index (κ1) is 33.6. The van der Waals surface area contributed by atoms with E-state index >= 15 is 0 Å². The van der Waals surface area contributed by atoms with Crippen molar-refractivity contribution in [3.63, 3.8) is 0 Å². The number of carbonyl (C=O) groups excluding carboxylic acids is 3. The minimum absolute atomic E-state index is 0.0300. The molecule has 1 aromatic heterocycles. The number of hydrogen-bond donors (Lipinski definition) is 0. The Morgan fingerprint density at radius 3 is 2.38 bits per heavy atom. The molecule has 45 heavy (non-hydrogen) atoms. The number of esters is 1. The molecule has 2 saturated carbocycles. The summed E-state index contributed by atoms with van der Waals surface area (Å²) < 4.78 is 35.1. The maximum Gasteiger partial charge on any atom is 0.374 e. The summed E-state index contributed by atoms with van der Waals surface area (Å²) in [5, 5.41) is 0.722.